The highest BCUT2D eigenvalue weighted by Crippen LogP contribution is 2.36. The third-order valence-electron chi connectivity index (χ3n) is 4.43. The fourth-order valence-corrected chi connectivity index (χ4v) is 4.90. The van der Waals surface area contributed by atoms with Crippen LogP contribution in [0.1, 0.15) is 24.8 Å². The molecule has 1 fully saturated rings. The zero-order chi connectivity index (χ0) is 18.0. The number of fused-ring (bicyclic) bond motifs is 1. The summed E-state index contributed by atoms with van der Waals surface area (Å²) >= 11 is 1.28. The smallest absolute Gasteiger partial charge is 0.295 e. The molecular weight excluding hydrogens is 362 g/mol. The van der Waals surface area contributed by atoms with Gasteiger partial charge in [-0.25, -0.2) is 22.5 Å². The highest BCUT2D eigenvalue weighted by Gasteiger charge is 2.41. The molecule has 0 aliphatic heterocycles. The lowest BCUT2D eigenvalue weighted by Gasteiger charge is -2.12. The fraction of sp³-hybridized carbons (Fsp3) is 0.400. The van der Waals surface area contributed by atoms with Crippen LogP contribution in [0.5, 0.6) is 0 Å². The van der Waals surface area contributed by atoms with Gasteiger partial charge in [-0.05, 0) is 44.9 Å². The molecule has 0 amide bonds. The lowest BCUT2D eigenvalue weighted by atomic mass is 10.3. The Bertz CT molecular complexity index is 1150. The van der Waals surface area contributed by atoms with Gasteiger partial charge in [-0.2, -0.15) is 0 Å². The Labute approximate surface area is 148 Å². The molecule has 0 radical (unpaired) electrons. The van der Waals surface area contributed by atoms with Crippen LogP contribution >= 0.6 is 11.3 Å². The summed E-state index contributed by atoms with van der Waals surface area (Å²) < 4.78 is 30.9. The van der Waals surface area contributed by atoms with Crippen molar-refractivity contribution in [3.63, 3.8) is 0 Å². The van der Waals surface area contributed by atoms with Crippen molar-refractivity contribution >= 4 is 32.4 Å². The molecule has 10 heteroatoms. The summed E-state index contributed by atoms with van der Waals surface area (Å²) in [4.78, 5) is 12.7. The minimum atomic E-state index is -3.65. The van der Waals surface area contributed by atoms with Crippen LogP contribution < -0.4 is 10.4 Å². The molecule has 3 aromatic rings. The topological polar surface area (TPSA) is 98.9 Å². The molecule has 2 aromatic heterocycles. The van der Waals surface area contributed by atoms with Gasteiger partial charge in [-0.15, -0.1) is 10.2 Å². The van der Waals surface area contributed by atoms with Crippen molar-refractivity contribution in [2.24, 2.45) is 7.05 Å². The minimum Gasteiger partial charge on any atom is -0.295 e. The number of nitrogens with zero attached hydrogens (tertiary/aromatic N) is 4. The van der Waals surface area contributed by atoms with Crippen LogP contribution in [0.25, 0.3) is 16.2 Å². The first kappa shape index (κ1) is 16.4. The molecule has 1 saturated carbocycles. The average Bonchev–Trinajstić information content (AvgIpc) is 3.00. The van der Waals surface area contributed by atoms with E-state index in [1.807, 2.05) is 6.92 Å². The lowest BCUT2D eigenvalue weighted by molar-refractivity contribution is 0.558. The van der Waals surface area contributed by atoms with Gasteiger partial charge in [0.25, 0.3) is 0 Å². The van der Waals surface area contributed by atoms with Crippen molar-refractivity contribution in [3.8, 4) is 5.13 Å². The zero-order valence-corrected chi connectivity index (χ0v) is 15.6. The predicted molar refractivity (Wildman–Crippen MR) is 94.7 cm³/mol. The van der Waals surface area contributed by atoms with Crippen molar-refractivity contribution in [2.45, 2.75) is 37.1 Å². The van der Waals surface area contributed by atoms with Crippen LogP contribution in [-0.2, 0) is 17.1 Å². The molecule has 0 saturated heterocycles. The van der Waals surface area contributed by atoms with E-state index in [0.717, 1.165) is 17.8 Å². The Morgan fingerprint density at radius 2 is 1.96 bits per heavy atom. The number of rotatable bonds is 4. The van der Waals surface area contributed by atoms with E-state index in [0.29, 0.717) is 16.2 Å². The SMILES string of the molecule is Cc1nnc(-n2c(=O)n(C)c3ccc(S(=O)(=O)NC4(C)CC4)cc32)s1. The normalized spacial score (nSPS) is 16.4. The van der Waals surface area contributed by atoms with Crippen molar-refractivity contribution < 1.29 is 8.42 Å². The zero-order valence-electron chi connectivity index (χ0n) is 14.0. The summed E-state index contributed by atoms with van der Waals surface area (Å²) in [5, 5.41) is 9.12. The number of sulfonamides is 1. The number of imidazole rings is 1. The largest absolute Gasteiger partial charge is 0.335 e. The van der Waals surface area contributed by atoms with Gasteiger partial charge in [0.1, 0.15) is 5.01 Å². The summed E-state index contributed by atoms with van der Waals surface area (Å²) in [7, 11) is -2.01. The Balaban J connectivity index is 1.92. The predicted octanol–water partition coefficient (Wildman–Crippen LogP) is 1.32. The first-order valence-electron chi connectivity index (χ1n) is 7.76. The highest BCUT2D eigenvalue weighted by atomic mass is 32.2. The molecule has 1 aliphatic carbocycles. The Hall–Kier alpha value is -2.04. The molecule has 0 bridgehead atoms. The first-order chi connectivity index (χ1) is 11.7. The molecule has 132 valence electrons. The van der Waals surface area contributed by atoms with Crippen LogP contribution in [0.3, 0.4) is 0 Å². The monoisotopic (exact) mass is 379 g/mol. The van der Waals surface area contributed by atoms with E-state index in [4.69, 9.17) is 0 Å². The van der Waals surface area contributed by atoms with Crippen LogP contribution in [0.4, 0.5) is 0 Å². The van der Waals surface area contributed by atoms with Gasteiger partial charge in [0.15, 0.2) is 0 Å². The van der Waals surface area contributed by atoms with Gasteiger partial charge < -0.3 is 0 Å². The molecule has 1 aromatic carbocycles. The van der Waals surface area contributed by atoms with Gasteiger partial charge in [-0.1, -0.05) is 11.3 Å². The van der Waals surface area contributed by atoms with E-state index in [1.165, 1.54) is 32.6 Å². The molecular formula is C15H17N5O3S2. The van der Waals surface area contributed by atoms with Crippen LogP contribution in [0.15, 0.2) is 27.9 Å². The second-order valence-electron chi connectivity index (χ2n) is 6.60. The van der Waals surface area contributed by atoms with Gasteiger partial charge in [0, 0.05) is 12.6 Å². The summed E-state index contributed by atoms with van der Waals surface area (Å²) in [6.45, 7) is 3.68. The Kier molecular flexibility index (Phi) is 3.44. The molecule has 0 unspecified atom stereocenters. The molecule has 25 heavy (non-hydrogen) atoms. The molecule has 0 atom stereocenters. The maximum Gasteiger partial charge on any atom is 0.335 e. The number of hydrogen-bond donors (Lipinski definition) is 1. The standard InChI is InChI=1S/C15H17N5O3S2/c1-9-16-17-13(24-9)20-12-8-10(4-5-11(12)19(3)14(20)21)25(22,23)18-15(2)6-7-15/h4-5,8,18H,6-7H2,1-3H3. The molecule has 8 nitrogen and oxygen atoms in total. The lowest BCUT2D eigenvalue weighted by Crippen LogP contribution is -2.34. The first-order valence-corrected chi connectivity index (χ1v) is 10.1. The quantitative estimate of drug-likeness (QED) is 0.737. The van der Waals surface area contributed by atoms with Gasteiger partial charge in [-0.3, -0.25) is 4.57 Å². The summed E-state index contributed by atoms with van der Waals surface area (Å²) in [5.41, 5.74) is 0.477. The van der Waals surface area contributed by atoms with E-state index in [9.17, 15) is 13.2 Å². The van der Waals surface area contributed by atoms with Crippen molar-refractivity contribution in [3.05, 3.63) is 33.7 Å². The second kappa shape index (κ2) is 5.23. The van der Waals surface area contributed by atoms with E-state index in [-0.39, 0.29) is 16.1 Å². The average molecular weight is 379 g/mol. The fourth-order valence-electron chi connectivity index (χ4n) is 2.72. The maximum atomic E-state index is 12.6. The van der Waals surface area contributed by atoms with Crippen molar-refractivity contribution in [1.29, 1.82) is 0 Å². The van der Waals surface area contributed by atoms with Crippen molar-refractivity contribution in [2.75, 3.05) is 0 Å². The van der Waals surface area contributed by atoms with E-state index < -0.39 is 10.0 Å². The number of hydrogen-bond acceptors (Lipinski definition) is 6. The Morgan fingerprint density at radius 3 is 2.56 bits per heavy atom. The summed E-state index contributed by atoms with van der Waals surface area (Å²) in [5.74, 6) is 0. The molecule has 0 spiro atoms. The van der Waals surface area contributed by atoms with Crippen LogP contribution in [-0.4, -0.2) is 33.3 Å². The highest BCUT2D eigenvalue weighted by molar-refractivity contribution is 7.89. The molecule has 1 aliphatic rings. The van der Waals surface area contributed by atoms with Crippen LogP contribution in [0.2, 0.25) is 0 Å². The third-order valence-corrected chi connectivity index (χ3v) is 6.88. The number of aromatic nitrogens is 4. The Morgan fingerprint density at radius 1 is 1.24 bits per heavy atom. The van der Waals surface area contributed by atoms with E-state index in [2.05, 4.69) is 14.9 Å². The molecule has 1 N–H and O–H groups in total. The van der Waals surface area contributed by atoms with Gasteiger partial charge in [0.05, 0.1) is 15.9 Å². The summed E-state index contributed by atoms with van der Waals surface area (Å²) in [6.07, 6.45) is 1.66. The van der Waals surface area contributed by atoms with E-state index in [1.54, 1.807) is 20.0 Å². The number of benzene rings is 1. The van der Waals surface area contributed by atoms with Crippen molar-refractivity contribution in [1.82, 2.24) is 24.1 Å². The van der Waals surface area contributed by atoms with Crippen LogP contribution in [0, 0.1) is 6.92 Å². The van der Waals surface area contributed by atoms with Gasteiger partial charge in [0.2, 0.25) is 15.2 Å². The molecule has 4 rings (SSSR count). The summed E-state index contributed by atoms with van der Waals surface area (Å²) in [6, 6.07) is 4.68. The molecule has 2 heterocycles. The number of aryl methyl sites for hydroxylation is 2. The number of nitrogens with one attached hydrogen (secondary N) is 1. The maximum absolute atomic E-state index is 12.6. The van der Waals surface area contributed by atoms with Gasteiger partial charge >= 0.3 is 5.69 Å². The third kappa shape index (κ3) is 2.70. The van der Waals surface area contributed by atoms with E-state index >= 15 is 0 Å². The second-order valence-corrected chi connectivity index (χ2v) is 9.44. The minimum absolute atomic E-state index is 0.133.